The maximum atomic E-state index is 12.1. The Morgan fingerprint density at radius 3 is 2.85 bits per heavy atom. The highest BCUT2D eigenvalue weighted by Gasteiger charge is 2.22. The van der Waals surface area contributed by atoms with Crippen molar-refractivity contribution in [2.75, 3.05) is 18.4 Å². The van der Waals surface area contributed by atoms with E-state index in [1.54, 1.807) is 11.0 Å². The lowest BCUT2D eigenvalue weighted by Gasteiger charge is -2.30. The molecule has 1 saturated heterocycles. The number of nitrogens with zero attached hydrogens (tertiary/aromatic N) is 1. The first-order valence-electron chi connectivity index (χ1n) is 6.88. The first-order valence-corrected chi connectivity index (χ1v) is 7.67. The van der Waals surface area contributed by atoms with E-state index in [9.17, 15) is 9.59 Å². The predicted octanol–water partition coefficient (Wildman–Crippen LogP) is 3.04. The van der Waals surface area contributed by atoms with Crippen molar-refractivity contribution in [2.45, 2.75) is 26.2 Å². The zero-order valence-electron chi connectivity index (χ0n) is 11.6. The topological polar surface area (TPSA) is 49.4 Å². The average Bonchev–Trinajstić information content (AvgIpc) is 2.41. The van der Waals surface area contributed by atoms with Crippen molar-refractivity contribution in [2.24, 2.45) is 5.92 Å². The van der Waals surface area contributed by atoms with Crippen LogP contribution in [0.2, 0.25) is 0 Å². The number of likely N-dealkylation sites (tertiary alicyclic amines) is 1. The molecule has 0 saturated carbocycles. The molecule has 5 heteroatoms. The molecule has 0 aliphatic carbocycles. The van der Waals surface area contributed by atoms with Gasteiger partial charge >= 0.3 is 0 Å². The zero-order chi connectivity index (χ0) is 14.5. The molecule has 1 atom stereocenters. The highest BCUT2D eigenvalue weighted by atomic mass is 79.9. The minimum absolute atomic E-state index is 0.0823. The Labute approximate surface area is 127 Å². The third kappa shape index (κ3) is 4.07. The second kappa shape index (κ2) is 6.88. The van der Waals surface area contributed by atoms with E-state index in [1.807, 2.05) is 18.2 Å². The summed E-state index contributed by atoms with van der Waals surface area (Å²) in [6, 6.07) is 7.37. The van der Waals surface area contributed by atoms with Gasteiger partial charge in [0.05, 0.1) is 5.69 Å². The van der Waals surface area contributed by atoms with E-state index >= 15 is 0 Å². The van der Waals surface area contributed by atoms with Crippen LogP contribution in [0.15, 0.2) is 28.7 Å². The maximum Gasteiger partial charge on any atom is 0.233 e. The molecule has 1 aliphatic rings. The number of para-hydroxylation sites is 1. The molecular formula is C15H19BrN2O2. The van der Waals surface area contributed by atoms with Crippen LogP contribution in [-0.2, 0) is 9.59 Å². The van der Waals surface area contributed by atoms with E-state index in [4.69, 9.17) is 0 Å². The molecule has 1 aromatic rings. The Bertz CT molecular complexity index is 504. The maximum absolute atomic E-state index is 12.1. The highest BCUT2D eigenvalue weighted by molar-refractivity contribution is 9.10. The Kier molecular flexibility index (Phi) is 5.17. The van der Waals surface area contributed by atoms with E-state index in [0.29, 0.717) is 11.6 Å². The van der Waals surface area contributed by atoms with Gasteiger partial charge in [-0.25, -0.2) is 0 Å². The molecule has 0 radical (unpaired) electrons. The molecule has 0 bridgehead atoms. The summed E-state index contributed by atoms with van der Waals surface area (Å²) in [5.74, 6) is 0.181. The fourth-order valence-electron chi connectivity index (χ4n) is 2.42. The summed E-state index contributed by atoms with van der Waals surface area (Å²) in [5, 5.41) is 2.76. The van der Waals surface area contributed by atoms with Crippen LogP contribution < -0.4 is 5.32 Å². The molecule has 1 unspecified atom stereocenters. The van der Waals surface area contributed by atoms with Crippen LogP contribution in [0.4, 0.5) is 5.69 Å². The summed E-state index contributed by atoms with van der Waals surface area (Å²) in [6.07, 6.45) is 2.10. The van der Waals surface area contributed by atoms with Crippen molar-refractivity contribution >= 4 is 33.4 Å². The largest absolute Gasteiger partial charge is 0.342 e. The summed E-state index contributed by atoms with van der Waals surface area (Å²) >= 11 is 3.37. The first-order chi connectivity index (χ1) is 9.56. The van der Waals surface area contributed by atoms with Crippen molar-refractivity contribution < 1.29 is 9.59 Å². The van der Waals surface area contributed by atoms with Crippen LogP contribution in [0.5, 0.6) is 0 Å². The van der Waals surface area contributed by atoms with Crippen molar-refractivity contribution in [3.63, 3.8) is 0 Å². The summed E-state index contributed by atoms with van der Waals surface area (Å²) in [7, 11) is 0. The van der Waals surface area contributed by atoms with Gasteiger partial charge in [-0.05, 0) is 46.8 Å². The van der Waals surface area contributed by atoms with Crippen LogP contribution in [0.1, 0.15) is 26.2 Å². The number of anilines is 1. The molecule has 20 heavy (non-hydrogen) atoms. The lowest BCUT2D eigenvalue weighted by atomic mass is 10.00. The number of rotatable bonds is 3. The lowest BCUT2D eigenvalue weighted by Crippen LogP contribution is -2.40. The molecule has 0 aromatic heterocycles. The van der Waals surface area contributed by atoms with E-state index in [-0.39, 0.29) is 18.2 Å². The summed E-state index contributed by atoms with van der Waals surface area (Å²) < 4.78 is 0.812. The van der Waals surface area contributed by atoms with Gasteiger partial charge in [-0.1, -0.05) is 19.1 Å². The number of carbonyl (C=O) groups is 2. The number of carbonyl (C=O) groups excluding carboxylic acids is 2. The monoisotopic (exact) mass is 338 g/mol. The number of amides is 2. The van der Waals surface area contributed by atoms with Crippen molar-refractivity contribution in [3.05, 3.63) is 28.7 Å². The van der Waals surface area contributed by atoms with Gasteiger partial charge in [-0.2, -0.15) is 0 Å². The average molecular weight is 339 g/mol. The molecular weight excluding hydrogens is 320 g/mol. The van der Waals surface area contributed by atoms with Crippen molar-refractivity contribution in [3.8, 4) is 0 Å². The fourth-order valence-corrected chi connectivity index (χ4v) is 2.81. The molecule has 2 rings (SSSR count). The Morgan fingerprint density at radius 1 is 1.40 bits per heavy atom. The molecule has 1 aliphatic heterocycles. The fraction of sp³-hybridized carbons (Fsp3) is 0.467. The molecule has 0 spiro atoms. The molecule has 1 N–H and O–H groups in total. The Balaban J connectivity index is 1.88. The smallest absolute Gasteiger partial charge is 0.233 e. The number of hydrogen-bond donors (Lipinski definition) is 1. The van der Waals surface area contributed by atoms with Crippen LogP contribution in [0, 0.1) is 5.92 Å². The van der Waals surface area contributed by atoms with Crippen LogP contribution in [0.25, 0.3) is 0 Å². The minimum Gasteiger partial charge on any atom is -0.342 e. The highest BCUT2D eigenvalue weighted by Crippen LogP contribution is 2.21. The van der Waals surface area contributed by atoms with E-state index in [1.165, 1.54) is 0 Å². The Hall–Kier alpha value is -1.36. The zero-order valence-corrected chi connectivity index (χ0v) is 13.1. The molecule has 1 heterocycles. The molecule has 1 fully saturated rings. The van der Waals surface area contributed by atoms with Gasteiger partial charge in [0.2, 0.25) is 11.8 Å². The first kappa shape index (κ1) is 15.0. The van der Waals surface area contributed by atoms with Crippen LogP contribution >= 0.6 is 15.9 Å². The van der Waals surface area contributed by atoms with Gasteiger partial charge in [-0.15, -0.1) is 0 Å². The Morgan fingerprint density at radius 2 is 2.15 bits per heavy atom. The van der Waals surface area contributed by atoms with E-state index < -0.39 is 0 Å². The summed E-state index contributed by atoms with van der Waals surface area (Å²) in [6.45, 7) is 3.67. The van der Waals surface area contributed by atoms with Crippen molar-refractivity contribution in [1.82, 2.24) is 4.90 Å². The minimum atomic E-state index is -0.264. The van der Waals surface area contributed by atoms with Gasteiger partial charge in [0.1, 0.15) is 6.42 Å². The van der Waals surface area contributed by atoms with Gasteiger partial charge in [-0.3, -0.25) is 9.59 Å². The molecule has 2 amide bonds. The van der Waals surface area contributed by atoms with E-state index in [2.05, 4.69) is 28.2 Å². The molecule has 4 nitrogen and oxygen atoms in total. The quantitative estimate of drug-likeness (QED) is 0.861. The summed E-state index contributed by atoms with van der Waals surface area (Å²) in [4.78, 5) is 25.8. The van der Waals surface area contributed by atoms with Gasteiger partial charge in [0.25, 0.3) is 0 Å². The third-order valence-electron chi connectivity index (χ3n) is 3.47. The number of hydrogen-bond acceptors (Lipinski definition) is 2. The standard InChI is InChI=1S/C15H19BrN2O2/c1-11-5-4-8-18(10-11)15(20)9-14(19)17-13-7-3-2-6-12(13)16/h2-3,6-7,11H,4-5,8-10H2,1H3,(H,17,19). The number of piperidine rings is 1. The molecule has 108 valence electrons. The van der Waals surface area contributed by atoms with Crippen LogP contribution in [0.3, 0.4) is 0 Å². The third-order valence-corrected chi connectivity index (χ3v) is 4.16. The number of nitrogens with one attached hydrogen (secondary N) is 1. The molecule has 1 aromatic carbocycles. The van der Waals surface area contributed by atoms with E-state index in [0.717, 1.165) is 30.4 Å². The van der Waals surface area contributed by atoms with Gasteiger partial charge < -0.3 is 10.2 Å². The summed E-state index contributed by atoms with van der Waals surface area (Å²) in [5.41, 5.74) is 0.692. The SMILES string of the molecule is CC1CCCN(C(=O)CC(=O)Nc2ccccc2Br)C1. The number of halogens is 1. The predicted molar refractivity (Wildman–Crippen MR) is 82.4 cm³/mol. The van der Waals surface area contributed by atoms with Gasteiger partial charge in [0.15, 0.2) is 0 Å². The van der Waals surface area contributed by atoms with Crippen molar-refractivity contribution in [1.29, 1.82) is 0 Å². The second-order valence-corrected chi connectivity index (χ2v) is 6.15. The second-order valence-electron chi connectivity index (χ2n) is 5.29. The normalized spacial score (nSPS) is 18.7. The van der Waals surface area contributed by atoms with Crippen LogP contribution in [-0.4, -0.2) is 29.8 Å². The number of benzene rings is 1. The lowest BCUT2D eigenvalue weighted by molar-refractivity contribution is -0.136. The van der Waals surface area contributed by atoms with Gasteiger partial charge in [0, 0.05) is 17.6 Å².